The summed E-state index contributed by atoms with van der Waals surface area (Å²) >= 11 is 5.91. The molecule has 0 aliphatic heterocycles. The summed E-state index contributed by atoms with van der Waals surface area (Å²) in [5, 5.41) is 0.548. The van der Waals surface area contributed by atoms with E-state index in [1.54, 1.807) is 38.3 Å². The van der Waals surface area contributed by atoms with Gasteiger partial charge in [-0.25, -0.2) is 0 Å². The molecule has 0 bridgehead atoms. The molecule has 0 unspecified atom stereocenters. The maximum absolute atomic E-state index is 12.3. The molecule has 0 spiro atoms. The highest BCUT2D eigenvalue weighted by atomic mass is 35.5. The number of hydrogen-bond acceptors (Lipinski definition) is 5. The van der Waals surface area contributed by atoms with Crippen LogP contribution >= 0.6 is 11.6 Å². The predicted molar refractivity (Wildman–Crippen MR) is 87.8 cm³/mol. The quantitative estimate of drug-likeness (QED) is 0.561. The maximum Gasteiger partial charge on any atom is 0.339 e. The molecule has 0 fully saturated rings. The zero-order chi connectivity index (χ0) is 16.9. The van der Waals surface area contributed by atoms with Crippen molar-refractivity contribution in [3.8, 4) is 11.5 Å². The van der Waals surface area contributed by atoms with Crippen molar-refractivity contribution in [1.29, 1.82) is 0 Å². The van der Waals surface area contributed by atoms with Crippen molar-refractivity contribution in [1.82, 2.24) is 0 Å². The Morgan fingerprint density at radius 3 is 2.26 bits per heavy atom. The van der Waals surface area contributed by atoms with Crippen LogP contribution in [-0.4, -0.2) is 28.7 Å². The van der Waals surface area contributed by atoms with Crippen molar-refractivity contribution in [2.45, 2.75) is 11.8 Å². The van der Waals surface area contributed by atoms with Crippen LogP contribution in [0.4, 0.5) is 0 Å². The van der Waals surface area contributed by atoms with Crippen molar-refractivity contribution in [3.05, 3.63) is 53.1 Å². The standard InChI is InChI=1S/C16H17ClO5S/c1-12-11-14(5-8-16(12)17)22-23(18,19)15-6-3-13(4-7-15)21-10-9-20-2/h3-8,11H,9-10H2,1-2H3. The molecule has 0 amide bonds. The van der Waals surface area contributed by atoms with E-state index in [9.17, 15) is 8.42 Å². The van der Waals surface area contributed by atoms with E-state index in [1.165, 1.54) is 18.2 Å². The van der Waals surface area contributed by atoms with Crippen LogP contribution in [0.15, 0.2) is 47.4 Å². The van der Waals surface area contributed by atoms with Crippen molar-refractivity contribution < 1.29 is 22.1 Å². The Labute approximate surface area is 140 Å². The fraction of sp³-hybridized carbons (Fsp3) is 0.250. The molecule has 0 radical (unpaired) electrons. The molecule has 2 aromatic rings. The molecular formula is C16H17ClO5S. The molecule has 0 saturated heterocycles. The summed E-state index contributed by atoms with van der Waals surface area (Å²) in [6.07, 6.45) is 0. The molecule has 0 atom stereocenters. The summed E-state index contributed by atoms with van der Waals surface area (Å²) in [4.78, 5) is 0.0456. The van der Waals surface area contributed by atoms with Crippen LogP contribution in [0.3, 0.4) is 0 Å². The van der Waals surface area contributed by atoms with E-state index in [0.717, 1.165) is 5.56 Å². The summed E-state index contributed by atoms with van der Waals surface area (Å²) in [5.41, 5.74) is 0.737. The van der Waals surface area contributed by atoms with E-state index in [0.29, 0.717) is 24.0 Å². The third-order valence-corrected chi connectivity index (χ3v) is 4.69. The second-order valence-electron chi connectivity index (χ2n) is 4.76. The molecule has 0 N–H and O–H groups in total. The minimum absolute atomic E-state index is 0.0456. The van der Waals surface area contributed by atoms with Crippen molar-refractivity contribution >= 4 is 21.7 Å². The zero-order valence-electron chi connectivity index (χ0n) is 12.8. The monoisotopic (exact) mass is 356 g/mol. The first-order valence-electron chi connectivity index (χ1n) is 6.85. The molecule has 2 aromatic carbocycles. The summed E-state index contributed by atoms with van der Waals surface area (Å²) in [6, 6.07) is 10.7. The number of ether oxygens (including phenoxy) is 2. The minimum atomic E-state index is -3.91. The first-order valence-corrected chi connectivity index (χ1v) is 8.63. The summed E-state index contributed by atoms with van der Waals surface area (Å²) in [7, 11) is -2.33. The molecule has 0 aliphatic carbocycles. The highest BCUT2D eigenvalue weighted by molar-refractivity contribution is 7.87. The Hall–Kier alpha value is -1.76. The molecule has 23 heavy (non-hydrogen) atoms. The second kappa shape index (κ2) is 7.68. The van der Waals surface area contributed by atoms with Crippen LogP contribution in [0, 0.1) is 6.92 Å². The number of benzene rings is 2. The summed E-state index contributed by atoms with van der Waals surface area (Å²) < 4.78 is 39.9. The van der Waals surface area contributed by atoms with Gasteiger partial charge >= 0.3 is 10.1 Å². The van der Waals surface area contributed by atoms with Crippen LogP contribution < -0.4 is 8.92 Å². The molecule has 7 heteroatoms. The van der Waals surface area contributed by atoms with Gasteiger partial charge < -0.3 is 13.7 Å². The van der Waals surface area contributed by atoms with Gasteiger partial charge in [-0.15, -0.1) is 0 Å². The average Bonchev–Trinajstić information content (AvgIpc) is 2.51. The van der Waals surface area contributed by atoms with Gasteiger partial charge in [0.25, 0.3) is 0 Å². The lowest BCUT2D eigenvalue weighted by atomic mass is 10.2. The first kappa shape index (κ1) is 17.6. The predicted octanol–water partition coefficient (Wildman–Crippen LogP) is 3.44. The van der Waals surface area contributed by atoms with E-state index in [1.807, 2.05) is 0 Å². The minimum Gasteiger partial charge on any atom is -0.491 e. The lowest BCUT2D eigenvalue weighted by Gasteiger charge is -2.09. The van der Waals surface area contributed by atoms with Crippen molar-refractivity contribution in [2.24, 2.45) is 0 Å². The van der Waals surface area contributed by atoms with E-state index in [4.69, 9.17) is 25.3 Å². The summed E-state index contributed by atoms with van der Waals surface area (Å²) in [5.74, 6) is 0.774. The largest absolute Gasteiger partial charge is 0.491 e. The van der Waals surface area contributed by atoms with Gasteiger partial charge in [0.1, 0.15) is 23.0 Å². The van der Waals surface area contributed by atoms with Gasteiger partial charge in [0, 0.05) is 12.1 Å². The van der Waals surface area contributed by atoms with Crippen LogP contribution in [-0.2, 0) is 14.9 Å². The Morgan fingerprint density at radius 1 is 1.00 bits per heavy atom. The zero-order valence-corrected chi connectivity index (χ0v) is 14.4. The van der Waals surface area contributed by atoms with Gasteiger partial charge in [-0.2, -0.15) is 8.42 Å². The fourth-order valence-electron chi connectivity index (χ4n) is 1.79. The fourth-order valence-corrected chi connectivity index (χ4v) is 2.83. The van der Waals surface area contributed by atoms with Gasteiger partial charge in [-0.05, 0) is 55.0 Å². The number of rotatable bonds is 7. The van der Waals surface area contributed by atoms with Gasteiger partial charge in [0.2, 0.25) is 0 Å². The van der Waals surface area contributed by atoms with Gasteiger partial charge in [-0.3, -0.25) is 0 Å². The lowest BCUT2D eigenvalue weighted by molar-refractivity contribution is 0.146. The maximum atomic E-state index is 12.3. The molecule has 0 saturated carbocycles. The first-order chi connectivity index (χ1) is 10.9. The van der Waals surface area contributed by atoms with E-state index < -0.39 is 10.1 Å². The number of aryl methyl sites for hydroxylation is 1. The molecular weight excluding hydrogens is 340 g/mol. The highest BCUT2D eigenvalue weighted by Crippen LogP contribution is 2.25. The normalized spacial score (nSPS) is 11.3. The van der Waals surface area contributed by atoms with Crippen molar-refractivity contribution in [3.63, 3.8) is 0 Å². The molecule has 0 heterocycles. The molecule has 2 rings (SSSR count). The molecule has 0 aliphatic rings. The lowest BCUT2D eigenvalue weighted by Crippen LogP contribution is -2.10. The summed E-state index contributed by atoms with van der Waals surface area (Å²) in [6.45, 7) is 2.62. The SMILES string of the molecule is COCCOc1ccc(S(=O)(=O)Oc2ccc(Cl)c(C)c2)cc1. The van der Waals surface area contributed by atoms with Gasteiger partial charge in [0.15, 0.2) is 0 Å². The number of halogens is 1. The Kier molecular flexibility index (Phi) is 5.87. The van der Waals surface area contributed by atoms with Crippen molar-refractivity contribution in [2.75, 3.05) is 20.3 Å². The van der Waals surface area contributed by atoms with Gasteiger partial charge in [-0.1, -0.05) is 11.6 Å². The van der Waals surface area contributed by atoms with Crippen LogP contribution in [0.25, 0.3) is 0 Å². The van der Waals surface area contributed by atoms with Crippen LogP contribution in [0.2, 0.25) is 5.02 Å². The average molecular weight is 357 g/mol. The Balaban J connectivity index is 2.11. The highest BCUT2D eigenvalue weighted by Gasteiger charge is 2.17. The van der Waals surface area contributed by atoms with Crippen LogP contribution in [0.1, 0.15) is 5.56 Å². The number of methoxy groups -OCH3 is 1. The Morgan fingerprint density at radius 2 is 1.65 bits per heavy atom. The van der Waals surface area contributed by atoms with E-state index >= 15 is 0 Å². The molecule has 0 aromatic heterocycles. The third kappa shape index (κ3) is 4.86. The van der Waals surface area contributed by atoms with E-state index in [2.05, 4.69) is 0 Å². The number of hydrogen-bond donors (Lipinski definition) is 0. The van der Waals surface area contributed by atoms with Gasteiger partial charge in [0.05, 0.1) is 6.61 Å². The van der Waals surface area contributed by atoms with Crippen LogP contribution in [0.5, 0.6) is 11.5 Å². The Bertz CT molecular complexity index is 757. The van der Waals surface area contributed by atoms with E-state index in [-0.39, 0.29) is 10.6 Å². The molecule has 124 valence electrons. The molecule has 5 nitrogen and oxygen atoms in total. The smallest absolute Gasteiger partial charge is 0.339 e. The second-order valence-corrected chi connectivity index (χ2v) is 6.71. The topological polar surface area (TPSA) is 61.8 Å². The third-order valence-electron chi connectivity index (χ3n) is 3.00.